The van der Waals surface area contributed by atoms with Gasteiger partial charge in [0.15, 0.2) is 0 Å². The average molecular weight is 377 g/mol. The van der Waals surface area contributed by atoms with E-state index >= 15 is 0 Å². The van der Waals surface area contributed by atoms with Crippen molar-refractivity contribution in [1.82, 2.24) is 20.5 Å². The zero-order valence-corrected chi connectivity index (χ0v) is 14.7. The van der Waals surface area contributed by atoms with E-state index in [2.05, 4.69) is 20.8 Å². The Balaban J connectivity index is 2.81. The number of nitrogens with one attached hydrogen (secondary N) is 2. The first kappa shape index (κ1) is 21.6. The molecule has 0 fully saturated rings. The van der Waals surface area contributed by atoms with Crippen LogP contribution in [0.1, 0.15) is 39.3 Å². The predicted octanol–water partition coefficient (Wildman–Crippen LogP) is 2.23. The van der Waals surface area contributed by atoms with E-state index in [1.165, 1.54) is 0 Å². The second kappa shape index (κ2) is 8.79. The highest BCUT2D eigenvalue weighted by Crippen LogP contribution is 2.29. The largest absolute Gasteiger partial charge is 0.433 e. The number of alkyl halides is 3. The third-order valence-electron chi connectivity index (χ3n) is 3.90. The number of carbonyl (C=O) groups excluding carboxylic acids is 2. The van der Waals surface area contributed by atoms with Gasteiger partial charge in [0.05, 0.1) is 12.5 Å². The van der Waals surface area contributed by atoms with Crippen LogP contribution in [0, 0.1) is 11.3 Å². The van der Waals surface area contributed by atoms with Gasteiger partial charge in [0.2, 0.25) is 18.3 Å². The minimum Gasteiger partial charge on any atom is -0.286 e. The summed E-state index contributed by atoms with van der Waals surface area (Å²) in [4.78, 5) is 29.8. The normalized spacial score (nSPS) is 13.0. The molecule has 1 atom stereocenters. The fourth-order valence-corrected chi connectivity index (χ4v) is 2.12. The van der Waals surface area contributed by atoms with E-state index in [4.69, 9.17) is 0 Å². The van der Waals surface area contributed by atoms with E-state index in [0.29, 0.717) is 17.6 Å². The zero-order chi connectivity index (χ0) is 20.0. The van der Waals surface area contributed by atoms with Crippen LogP contribution in [0.4, 0.5) is 19.1 Å². The molecule has 11 heteroatoms. The molecule has 26 heavy (non-hydrogen) atoms. The summed E-state index contributed by atoms with van der Waals surface area (Å²) in [5.41, 5.74) is 3.03. The molecule has 0 aromatic carbocycles. The van der Waals surface area contributed by atoms with Crippen molar-refractivity contribution in [3.63, 3.8) is 0 Å². The summed E-state index contributed by atoms with van der Waals surface area (Å²) in [6, 6.07) is 0.702. The molecule has 0 radical (unpaired) electrons. The fourth-order valence-electron chi connectivity index (χ4n) is 2.12. The molecule has 0 aliphatic carbocycles. The third kappa shape index (κ3) is 6.82. The van der Waals surface area contributed by atoms with Crippen molar-refractivity contribution in [1.29, 1.82) is 0 Å². The number of amides is 2. The van der Waals surface area contributed by atoms with E-state index in [1.54, 1.807) is 0 Å². The summed E-state index contributed by atoms with van der Waals surface area (Å²) in [7, 11) is 0. The van der Waals surface area contributed by atoms with Gasteiger partial charge in [0, 0.05) is 6.20 Å². The molecule has 8 nitrogen and oxygen atoms in total. The van der Waals surface area contributed by atoms with Crippen LogP contribution in [0.3, 0.4) is 0 Å². The van der Waals surface area contributed by atoms with E-state index in [-0.39, 0.29) is 18.4 Å². The molecule has 0 unspecified atom stereocenters. The van der Waals surface area contributed by atoms with Crippen LogP contribution in [0.5, 0.6) is 0 Å². The van der Waals surface area contributed by atoms with Crippen molar-refractivity contribution in [3.8, 4) is 0 Å². The number of anilines is 1. The van der Waals surface area contributed by atoms with Crippen molar-refractivity contribution >= 4 is 18.3 Å². The highest BCUT2D eigenvalue weighted by molar-refractivity contribution is 5.80. The molecule has 1 rings (SSSR count). The predicted molar refractivity (Wildman–Crippen MR) is 85.5 cm³/mol. The summed E-state index contributed by atoms with van der Waals surface area (Å²) in [6.07, 6.45) is -2.48. The highest BCUT2D eigenvalue weighted by Gasteiger charge is 2.33. The molecule has 1 aromatic heterocycles. The maximum absolute atomic E-state index is 12.6. The number of aromatic nitrogens is 2. The van der Waals surface area contributed by atoms with Gasteiger partial charge in [-0.3, -0.25) is 25.6 Å². The van der Waals surface area contributed by atoms with Gasteiger partial charge >= 0.3 is 6.18 Å². The lowest BCUT2D eigenvalue weighted by Crippen LogP contribution is -2.42. The van der Waals surface area contributed by atoms with Crippen LogP contribution in [0.15, 0.2) is 12.3 Å². The molecule has 0 spiro atoms. The Kier molecular flexibility index (Phi) is 7.30. The lowest BCUT2D eigenvalue weighted by molar-refractivity contribution is -0.155. The summed E-state index contributed by atoms with van der Waals surface area (Å²) in [5, 5.41) is 9.72. The molecular weight excluding hydrogens is 355 g/mol. The lowest BCUT2D eigenvalue weighted by Gasteiger charge is -2.29. The van der Waals surface area contributed by atoms with Crippen molar-refractivity contribution in [2.75, 3.05) is 12.0 Å². The molecule has 0 aliphatic rings. The van der Waals surface area contributed by atoms with E-state index in [1.807, 2.05) is 20.8 Å². The third-order valence-corrected chi connectivity index (χ3v) is 3.90. The summed E-state index contributed by atoms with van der Waals surface area (Å²) < 4.78 is 37.9. The first-order valence-corrected chi connectivity index (χ1v) is 7.85. The number of hydroxylamine groups is 2. The minimum atomic E-state index is -4.64. The van der Waals surface area contributed by atoms with Gasteiger partial charge in [-0.2, -0.15) is 13.2 Å². The Hall–Kier alpha value is -2.43. The van der Waals surface area contributed by atoms with Gasteiger partial charge in [-0.1, -0.05) is 27.2 Å². The average Bonchev–Trinajstić information content (AvgIpc) is 2.58. The Labute approximate surface area is 148 Å². The molecule has 0 saturated carbocycles. The van der Waals surface area contributed by atoms with Crippen molar-refractivity contribution in [3.05, 3.63) is 18.0 Å². The van der Waals surface area contributed by atoms with Crippen LogP contribution >= 0.6 is 0 Å². The van der Waals surface area contributed by atoms with Crippen LogP contribution in [0.25, 0.3) is 0 Å². The number of hydrogen-bond donors (Lipinski definition) is 3. The maximum Gasteiger partial charge on any atom is 0.433 e. The Bertz CT molecular complexity index is 625. The number of nitrogens with zero attached hydrogens (tertiary/aromatic N) is 3. The lowest BCUT2D eigenvalue weighted by atomic mass is 9.80. The molecule has 146 valence electrons. The molecule has 3 N–H and O–H groups in total. The van der Waals surface area contributed by atoms with E-state index < -0.39 is 29.6 Å². The van der Waals surface area contributed by atoms with Crippen LogP contribution in [-0.2, 0) is 15.8 Å². The van der Waals surface area contributed by atoms with Crippen LogP contribution < -0.4 is 10.9 Å². The molecule has 0 aliphatic heterocycles. The molecule has 0 saturated heterocycles. The minimum absolute atomic E-state index is 0.169. The van der Waals surface area contributed by atoms with Gasteiger partial charge in [-0.05, 0) is 17.9 Å². The quantitative estimate of drug-likeness (QED) is 0.346. The standard InChI is InChI=1S/C15H22F3N5O3/c1-4-14(2,3)7-10(8-23(26)9-24)12(25)21-22-13-19-6-5-11(20-13)15(16,17)18/h5-6,9-10,26H,4,7-8H2,1-3H3,(H,21,25)(H,19,20,22)/t10-/m0/s1. The summed E-state index contributed by atoms with van der Waals surface area (Å²) in [5.74, 6) is -1.84. The first-order valence-electron chi connectivity index (χ1n) is 7.85. The second-order valence-electron chi connectivity index (χ2n) is 6.52. The van der Waals surface area contributed by atoms with Crippen LogP contribution in [0.2, 0.25) is 0 Å². The zero-order valence-electron chi connectivity index (χ0n) is 14.7. The summed E-state index contributed by atoms with van der Waals surface area (Å²) >= 11 is 0. The van der Waals surface area contributed by atoms with E-state index in [0.717, 1.165) is 12.6 Å². The molecule has 1 aromatic rings. The summed E-state index contributed by atoms with van der Waals surface area (Å²) in [6.45, 7) is 5.50. The number of halogens is 3. The smallest absolute Gasteiger partial charge is 0.286 e. The first-order chi connectivity index (χ1) is 12.0. The SMILES string of the molecule is CCC(C)(C)C[C@@H](CN(O)C=O)C(=O)NNc1nccc(C(F)(F)F)n1. The fraction of sp³-hybridized carbons (Fsp3) is 0.600. The van der Waals surface area contributed by atoms with Gasteiger partial charge in [-0.15, -0.1) is 0 Å². The highest BCUT2D eigenvalue weighted by atomic mass is 19.4. The number of carbonyl (C=O) groups is 2. The number of hydrazine groups is 1. The number of rotatable bonds is 9. The van der Waals surface area contributed by atoms with Gasteiger partial charge < -0.3 is 0 Å². The molecule has 1 heterocycles. The van der Waals surface area contributed by atoms with E-state index in [9.17, 15) is 28.0 Å². The Morgan fingerprint density at radius 3 is 2.62 bits per heavy atom. The second-order valence-corrected chi connectivity index (χ2v) is 6.52. The van der Waals surface area contributed by atoms with Crippen molar-refractivity contribution in [2.45, 2.75) is 39.8 Å². The Morgan fingerprint density at radius 1 is 1.42 bits per heavy atom. The number of hydrogen-bond acceptors (Lipinski definition) is 6. The van der Waals surface area contributed by atoms with Gasteiger partial charge in [0.1, 0.15) is 5.69 Å². The molecular formula is C15H22F3N5O3. The van der Waals surface area contributed by atoms with Crippen LogP contribution in [-0.4, -0.2) is 39.1 Å². The molecule has 2 amide bonds. The molecule has 0 bridgehead atoms. The topological polar surface area (TPSA) is 107 Å². The van der Waals surface area contributed by atoms with Gasteiger partial charge in [-0.25, -0.2) is 15.0 Å². The monoisotopic (exact) mass is 377 g/mol. The van der Waals surface area contributed by atoms with Crippen molar-refractivity contribution < 1.29 is 28.0 Å². The van der Waals surface area contributed by atoms with Crippen molar-refractivity contribution in [2.24, 2.45) is 11.3 Å². The Morgan fingerprint density at radius 2 is 2.08 bits per heavy atom. The van der Waals surface area contributed by atoms with Gasteiger partial charge in [0.25, 0.3) is 0 Å². The maximum atomic E-state index is 12.6.